The van der Waals surface area contributed by atoms with Crippen LogP contribution >= 0.6 is 0 Å². The van der Waals surface area contributed by atoms with Gasteiger partial charge in [-0.1, -0.05) is 12.1 Å². The number of benzene rings is 1. The third-order valence-electron chi connectivity index (χ3n) is 3.39. The first-order valence-electron chi connectivity index (χ1n) is 6.56. The lowest BCUT2D eigenvalue weighted by molar-refractivity contribution is -0.119. The quantitative estimate of drug-likeness (QED) is 0.777. The van der Waals surface area contributed by atoms with Gasteiger partial charge < -0.3 is 15.8 Å². The molecule has 0 bridgehead atoms. The third kappa shape index (κ3) is 4.22. The minimum absolute atomic E-state index is 0.0764. The largest absolute Gasteiger partial charge is 0.484 e. The van der Waals surface area contributed by atoms with Crippen molar-refractivity contribution in [3.05, 3.63) is 29.8 Å². The van der Waals surface area contributed by atoms with Gasteiger partial charge >= 0.3 is 0 Å². The molecule has 1 fully saturated rings. The second-order valence-electron chi connectivity index (χ2n) is 4.96. The Bertz CT molecular complexity index is 413. The normalized spacial score (nSPS) is 18.7. The first-order chi connectivity index (χ1) is 9.15. The molecule has 5 heteroatoms. The van der Waals surface area contributed by atoms with Crippen LogP contribution in [0.5, 0.6) is 5.75 Å². The SMILES string of the molecule is CN(Cc1ccc(OCC(N)=O)cc1)C1CCNC1. The van der Waals surface area contributed by atoms with Gasteiger partial charge in [-0.2, -0.15) is 0 Å². The lowest BCUT2D eigenvalue weighted by Gasteiger charge is -2.23. The van der Waals surface area contributed by atoms with Gasteiger partial charge in [-0.3, -0.25) is 9.69 Å². The molecule has 1 heterocycles. The van der Waals surface area contributed by atoms with Gasteiger partial charge in [0.15, 0.2) is 6.61 Å². The van der Waals surface area contributed by atoms with E-state index < -0.39 is 5.91 Å². The smallest absolute Gasteiger partial charge is 0.255 e. The summed E-state index contributed by atoms with van der Waals surface area (Å²) in [7, 11) is 2.15. The molecule has 3 N–H and O–H groups in total. The third-order valence-corrected chi connectivity index (χ3v) is 3.39. The van der Waals surface area contributed by atoms with Crippen molar-refractivity contribution in [3.8, 4) is 5.75 Å². The van der Waals surface area contributed by atoms with Crippen LogP contribution in [-0.4, -0.2) is 43.6 Å². The predicted octanol–water partition coefficient (Wildman–Crippen LogP) is 0.344. The summed E-state index contributed by atoms with van der Waals surface area (Å²) in [5.41, 5.74) is 6.27. The average Bonchev–Trinajstić information content (AvgIpc) is 2.92. The van der Waals surface area contributed by atoms with Crippen LogP contribution < -0.4 is 15.8 Å². The first kappa shape index (κ1) is 13.8. The van der Waals surface area contributed by atoms with E-state index in [-0.39, 0.29) is 6.61 Å². The summed E-state index contributed by atoms with van der Waals surface area (Å²) in [6.07, 6.45) is 1.20. The number of ether oxygens (including phenoxy) is 1. The van der Waals surface area contributed by atoms with Crippen molar-refractivity contribution >= 4 is 5.91 Å². The number of hydrogen-bond acceptors (Lipinski definition) is 4. The molecule has 0 aliphatic carbocycles. The van der Waals surface area contributed by atoms with Gasteiger partial charge in [0.25, 0.3) is 5.91 Å². The van der Waals surface area contributed by atoms with E-state index in [2.05, 4.69) is 17.3 Å². The maximum absolute atomic E-state index is 10.6. The summed E-state index contributed by atoms with van der Waals surface area (Å²) in [4.78, 5) is 13.0. The van der Waals surface area contributed by atoms with Crippen LogP contribution in [0.3, 0.4) is 0 Å². The van der Waals surface area contributed by atoms with Gasteiger partial charge in [-0.05, 0) is 37.7 Å². The van der Waals surface area contributed by atoms with Gasteiger partial charge in [0.1, 0.15) is 5.75 Å². The summed E-state index contributed by atoms with van der Waals surface area (Å²) in [6.45, 7) is 3.01. The molecule has 0 radical (unpaired) electrons. The van der Waals surface area contributed by atoms with Crippen LogP contribution in [0.1, 0.15) is 12.0 Å². The standard InChI is InChI=1S/C14H21N3O2/c1-17(12-6-7-16-8-12)9-11-2-4-13(5-3-11)19-10-14(15)18/h2-5,12,16H,6-10H2,1H3,(H2,15,18). The van der Waals surface area contributed by atoms with Crippen molar-refractivity contribution in [2.75, 3.05) is 26.7 Å². The number of amides is 1. The molecule has 1 aromatic rings. The molecule has 2 rings (SSSR count). The number of nitrogens with one attached hydrogen (secondary N) is 1. The zero-order chi connectivity index (χ0) is 13.7. The van der Waals surface area contributed by atoms with Crippen molar-refractivity contribution in [1.82, 2.24) is 10.2 Å². The molecular formula is C14H21N3O2. The maximum atomic E-state index is 10.6. The Morgan fingerprint density at radius 2 is 2.21 bits per heavy atom. The van der Waals surface area contributed by atoms with Gasteiger partial charge in [-0.15, -0.1) is 0 Å². The fourth-order valence-electron chi connectivity index (χ4n) is 2.28. The van der Waals surface area contributed by atoms with E-state index >= 15 is 0 Å². The van der Waals surface area contributed by atoms with E-state index in [0.29, 0.717) is 11.8 Å². The van der Waals surface area contributed by atoms with Gasteiger partial charge in [0, 0.05) is 19.1 Å². The number of primary amides is 1. The van der Waals surface area contributed by atoms with Crippen molar-refractivity contribution in [1.29, 1.82) is 0 Å². The maximum Gasteiger partial charge on any atom is 0.255 e. The van der Waals surface area contributed by atoms with Gasteiger partial charge in [0.05, 0.1) is 0 Å². The molecule has 0 saturated carbocycles. The Labute approximate surface area is 113 Å². The minimum Gasteiger partial charge on any atom is -0.484 e. The van der Waals surface area contributed by atoms with E-state index in [4.69, 9.17) is 10.5 Å². The van der Waals surface area contributed by atoms with Crippen molar-refractivity contribution in [3.63, 3.8) is 0 Å². The molecular weight excluding hydrogens is 242 g/mol. The van der Waals surface area contributed by atoms with Gasteiger partial charge in [0.2, 0.25) is 0 Å². The molecule has 1 aromatic carbocycles. The second kappa shape index (κ2) is 6.54. The van der Waals surface area contributed by atoms with E-state index in [1.165, 1.54) is 12.0 Å². The summed E-state index contributed by atoms with van der Waals surface area (Å²) >= 11 is 0. The van der Waals surface area contributed by atoms with E-state index in [1.54, 1.807) is 0 Å². The Balaban J connectivity index is 1.85. The molecule has 1 amide bonds. The highest BCUT2D eigenvalue weighted by Gasteiger charge is 2.18. The molecule has 104 valence electrons. The Kier molecular flexibility index (Phi) is 4.76. The van der Waals surface area contributed by atoms with Crippen LogP contribution in [0.2, 0.25) is 0 Å². The highest BCUT2D eigenvalue weighted by Crippen LogP contribution is 2.15. The number of nitrogens with two attached hydrogens (primary N) is 1. The highest BCUT2D eigenvalue weighted by molar-refractivity contribution is 5.75. The molecule has 1 saturated heterocycles. The summed E-state index contributed by atoms with van der Waals surface area (Å²) in [6, 6.07) is 8.41. The monoisotopic (exact) mass is 263 g/mol. The predicted molar refractivity (Wildman–Crippen MR) is 73.9 cm³/mol. The van der Waals surface area contributed by atoms with Crippen LogP contribution in [0.15, 0.2) is 24.3 Å². The Hall–Kier alpha value is -1.59. The van der Waals surface area contributed by atoms with E-state index in [9.17, 15) is 4.79 Å². The Morgan fingerprint density at radius 1 is 1.47 bits per heavy atom. The molecule has 5 nitrogen and oxygen atoms in total. The number of nitrogens with zero attached hydrogens (tertiary/aromatic N) is 1. The zero-order valence-electron chi connectivity index (χ0n) is 11.3. The van der Waals surface area contributed by atoms with E-state index in [0.717, 1.165) is 19.6 Å². The van der Waals surface area contributed by atoms with E-state index in [1.807, 2.05) is 24.3 Å². The zero-order valence-corrected chi connectivity index (χ0v) is 11.3. The minimum atomic E-state index is -0.461. The molecule has 19 heavy (non-hydrogen) atoms. The number of hydrogen-bond donors (Lipinski definition) is 2. The number of rotatable bonds is 6. The second-order valence-corrected chi connectivity index (χ2v) is 4.96. The van der Waals surface area contributed by atoms with Crippen molar-refractivity contribution in [2.24, 2.45) is 5.73 Å². The van der Waals surface area contributed by atoms with Crippen molar-refractivity contribution in [2.45, 2.75) is 19.0 Å². The summed E-state index contributed by atoms with van der Waals surface area (Å²) in [5.74, 6) is 0.213. The van der Waals surface area contributed by atoms with Crippen LogP contribution in [0.4, 0.5) is 0 Å². The van der Waals surface area contributed by atoms with Crippen LogP contribution in [-0.2, 0) is 11.3 Å². The molecule has 1 aliphatic heterocycles. The fourth-order valence-corrected chi connectivity index (χ4v) is 2.28. The van der Waals surface area contributed by atoms with Crippen LogP contribution in [0.25, 0.3) is 0 Å². The molecule has 1 aliphatic rings. The lowest BCUT2D eigenvalue weighted by atomic mass is 10.1. The molecule has 1 unspecified atom stereocenters. The fraction of sp³-hybridized carbons (Fsp3) is 0.500. The highest BCUT2D eigenvalue weighted by atomic mass is 16.5. The van der Waals surface area contributed by atoms with Crippen LogP contribution in [0, 0.1) is 0 Å². The number of carbonyl (C=O) groups excluding carboxylic acids is 1. The molecule has 1 atom stereocenters. The van der Waals surface area contributed by atoms with Crippen molar-refractivity contribution < 1.29 is 9.53 Å². The molecule has 0 spiro atoms. The Morgan fingerprint density at radius 3 is 2.79 bits per heavy atom. The first-order valence-corrected chi connectivity index (χ1v) is 6.56. The van der Waals surface area contributed by atoms with Gasteiger partial charge in [-0.25, -0.2) is 0 Å². The lowest BCUT2D eigenvalue weighted by Crippen LogP contribution is -2.32. The topological polar surface area (TPSA) is 67.6 Å². The molecule has 0 aromatic heterocycles. The number of carbonyl (C=O) groups is 1. The summed E-state index contributed by atoms with van der Waals surface area (Å²) < 4.78 is 5.23. The number of likely N-dealkylation sites (N-methyl/N-ethyl adjacent to an activating group) is 1. The average molecular weight is 263 g/mol. The summed E-state index contributed by atoms with van der Waals surface area (Å²) in [5, 5.41) is 3.37.